The van der Waals surface area contributed by atoms with Crippen molar-refractivity contribution in [3.63, 3.8) is 0 Å². The van der Waals surface area contributed by atoms with Gasteiger partial charge in [-0.2, -0.15) is 0 Å². The zero-order valence-electron chi connectivity index (χ0n) is 14.5. The number of rotatable bonds is 4. The molecular weight excluding hydrogens is 320 g/mol. The number of nitrogens with zero attached hydrogens (tertiary/aromatic N) is 3. The van der Waals surface area contributed by atoms with Crippen molar-refractivity contribution < 1.29 is 13.9 Å². The van der Waals surface area contributed by atoms with Gasteiger partial charge in [-0.15, -0.1) is 10.2 Å². The number of hydrogen-bond donors (Lipinski definition) is 1. The Morgan fingerprint density at radius 3 is 2.48 bits per heavy atom. The number of nitrogens with one attached hydrogen (secondary N) is 1. The van der Waals surface area contributed by atoms with Crippen LogP contribution in [0, 0.1) is 6.92 Å². The fraction of sp³-hybridized carbons (Fsp3) is 0.278. The van der Waals surface area contributed by atoms with E-state index in [1.165, 1.54) is 0 Å². The fourth-order valence-electron chi connectivity index (χ4n) is 3.21. The van der Waals surface area contributed by atoms with Crippen molar-refractivity contribution in [3.05, 3.63) is 29.8 Å². The van der Waals surface area contributed by atoms with E-state index in [0.29, 0.717) is 29.0 Å². The Morgan fingerprint density at radius 2 is 1.84 bits per heavy atom. The first-order valence-corrected chi connectivity index (χ1v) is 8.02. The number of aromatic nitrogens is 4. The second kappa shape index (κ2) is 5.77. The minimum absolute atomic E-state index is 0.436. The minimum atomic E-state index is 0.436. The summed E-state index contributed by atoms with van der Waals surface area (Å²) in [6.45, 7) is 3.85. The summed E-state index contributed by atoms with van der Waals surface area (Å²) in [4.78, 5) is 7.95. The SMILES string of the molecule is CCc1c(-c2nnc(C)o2)ncc2[nH]c3cc(OC)c(OC)cc3c12. The largest absolute Gasteiger partial charge is 0.493 e. The molecule has 0 aliphatic heterocycles. The van der Waals surface area contributed by atoms with E-state index in [9.17, 15) is 0 Å². The van der Waals surface area contributed by atoms with E-state index >= 15 is 0 Å². The number of benzene rings is 1. The normalized spacial score (nSPS) is 11.4. The molecule has 3 aromatic heterocycles. The lowest BCUT2D eigenvalue weighted by Crippen LogP contribution is -1.94. The molecule has 0 aliphatic rings. The maximum absolute atomic E-state index is 5.59. The van der Waals surface area contributed by atoms with Gasteiger partial charge in [-0.25, -0.2) is 4.98 Å². The minimum Gasteiger partial charge on any atom is -0.493 e. The third kappa shape index (κ3) is 2.31. The summed E-state index contributed by atoms with van der Waals surface area (Å²) in [5, 5.41) is 10.2. The summed E-state index contributed by atoms with van der Waals surface area (Å²) >= 11 is 0. The van der Waals surface area contributed by atoms with Gasteiger partial charge in [-0.1, -0.05) is 6.92 Å². The Hall–Kier alpha value is -3.09. The summed E-state index contributed by atoms with van der Waals surface area (Å²) in [5.41, 5.74) is 3.68. The van der Waals surface area contributed by atoms with Crippen molar-refractivity contribution >= 4 is 21.8 Å². The number of fused-ring (bicyclic) bond motifs is 3. The quantitative estimate of drug-likeness (QED) is 0.611. The molecule has 0 atom stereocenters. The first-order chi connectivity index (χ1) is 12.2. The van der Waals surface area contributed by atoms with E-state index in [0.717, 1.165) is 33.8 Å². The van der Waals surface area contributed by atoms with Gasteiger partial charge in [0, 0.05) is 23.8 Å². The highest BCUT2D eigenvalue weighted by molar-refractivity contribution is 6.10. The van der Waals surface area contributed by atoms with Crippen LogP contribution in [0.4, 0.5) is 0 Å². The van der Waals surface area contributed by atoms with Gasteiger partial charge in [0.15, 0.2) is 11.5 Å². The number of H-pyrrole nitrogens is 1. The Labute approximate surface area is 144 Å². The van der Waals surface area contributed by atoms with E-state index in [2.05, 4.69) is 27.1 Å². The van der Waals surface area contributed by atoms with Gasteiger partial charge in [-0.3, -0.25) is 0 Å². The Balaban J connectivity index is 2.07. The smallest absolute Gasteiger partial charge is 0.266 e. The van der Waals surface area contributed by atoms with Crippen LogP contribution in [0.1, 0.15) is 18.4 Å². The molecule has 128 valence electrons. The van der Waals surface area contributed by atoms with Crippen LogP contribution >= 0.6 is 0 Å². The van der Waals surface area contributed by atoms with Crippen molar-refractivity contribution in [2.24, 2.45) is 0 Å². The summed E-state index contributed by atoms with van der Waals surface area (Å²) < 4.78 is 16.4. The van der Waals surface area contributed by atoms with Gasteiger partial charge in [-0.05, 0) is 18.1 Å². The van der Waals surface area contributed by atoms with Gasteiger partial charge in [0.2, 0.25) is 5.89 Å². The second-order valence-electron chi connectivity index (χ2n) is 5.73. The zero-order chi connectivity index (χ0) is 17.6. The summed E-state index contributed by atoms with van der Waals surface area (Å²) in [6.07, 6.45) is 2.57. The van der Waals surface area contributed by atoms with Crippen molar-refractivity contribution in [2.45, 2.75) is 20.3 Å². The van der Waals surface area contributed by atoms with Crippen LogP contribution in [0.2, 0.25) is 0 Å². The standard InChI is InChI=1S/C18H18N4O3/c1-5-10-16-11-6-14(23-3)15(24-4)7-12(11)20-13(16)8-19-17(10)18-22-21-9(2)25-18/h6-8,20H,5H2,1-4H3. The van der Waals surface area contributed by atoms with E-state index in [4.69, 9.17) is 13.9 Å². The third-order valence-corrected chi connectivity index (χ3v) is 4.32. The molecular formula is C18H18N4O3. The molecule has 7 nitrogen and oxygen atoms in total. The molecule has 4 aromatic rings. The first kappa shape index (κ1) is 15.4. The van der Waals surface area contributed by atoms with Gasteiger partial charge < -0.3 is 18.9 Å². The number of ether oxygens (including phenoxy) is 2. The van der Waals surface area contributed by atoms with Crippen LogP contribution in [0.5, 0.6) is 11.5 Å². The molecule has 0 saturated carbocycles. The van der Waals surface area contributed by atoms with E-state index < -0.39 is 0 Å². The zero-order valence-corrected chi connectivity index (χ0v) is 14.5. The highest BCUT2D eigenvalue weighted by Crippen LogP contribution is 2.38. The molecule has 0 amide bonds. The Morgan fingerprint density at radius 1 is 1.08 bits per heavy atom. The third-order valence-electron chi connectivity index (χ3n) is 4.32. The number of hydrogen-bond acceptors (Lipinski definition) is 6. The predicted molar refractivity (Wildman–Crippen MR) is 94.1 cm³/mol. The molecule has 0 unspecified atom stereocenters. The van der Waals surface area contributed by atoms with Gasteiger partial charge in [0.25, 0.3) is 5.89 Å². The second-order valence-corrected chi connectivity index (χ2v) is 5.73. The van der Waals surface area contributed by atoms with Crippen molar-refractivity contribution in [1.82, 2.24) is 20.2 Å². The van der Waals surface area contributed by atoms with Crippen molar-refractivity contribution in [3.8, 4) is 23.1 Å². The lowest BCUT2D eigenvalue weighted by molar-refractivity contribution is 0.356. The van der Waals surface area contributed by atoms with Crippen LogP contribution in [0.25, 0.3) is 33.4 Å². The molecule has 4 rings (SSSR count). The van der Waals surface area contributed by atoms with Crippen LogP contribution in [0.3, 0.4) is 0 Å². The van der Waals surface area contributed by atoms with Crippen LogP contribution in [-0.4, -0.2) is 34.4 Å². The van der Waals surface area contributed by atoms with Crippen LogP contribution in [-0.2, 0) is 6.42 Å². The maximum atomic E-state index is 5.59. The number of methoxy groups -OCH3 is 2. The van der Waals surface area contributed by atoms with Gasteiger partial charge >= 0.3 is 0 Å². The molecule has 0 bridgehead atoms. The van der Waals surface area contributed by atoms with Crippen LogP contribution in [0.15, 0.2) is 22.7 Å². The number of pyridine rings is 1. The lowest BCUT2D eigenvalue weighted by Gasteiger charge is -2.08. The van der Waals surface area contributed by atoms with Crippen LogP contribution < -0.4 is 9.47 Å². The number of aromatic amines is 1. The molecule has 0 saturated heterocycles. The maximum Gasteiger partial charge on any atom is 0.266 e. The number of aryl methyl sites for hydroxylation is 2. The topological polar surface area (TPSA) is 86.1 Å². The van der Waals surface area contributed by atoms with Gasteiger partial charge in [0.1, 0.15) is 5.69 Å². The molecule has 3 heterocycles. The van der Waals surface area contributed by atoms with E-state index in [1.807, 2.05) is 12.1 Å². The molecule has 1 N–H and O–H groups in total. The Bertz CT molecular complexity index is 1080. The summed E-state index contributed by atoms with van der Waals surface area (Å²) in [6, 6.07) is 3.92. The van der Waals surface area contributed by atoms with E-state index in [1.54, 1.807) is 27.3 Å². The molecule has 0 aliphatic carbocycles. The van der Waals surface area contributed by atoms with Gasteiger partial charge in [0.05, 0.1) is 31.4 Å². The summed E-state index contributed by atoms with van der Waals surface area (Å²) in [5.74, 6) is 2.32. The molecule has 0 spiro atoms. The molecule has 1 aromatic carbocycles. The van der Waals surface area contributed by atoms with E-state index in [-0.39, 0.29) is 0 Å². The molecule has 0 radical (unpaired) electrons. The first-order valence-electron chi connectivity index (χ1n) is 8.02. The molecule has 0 fully saturated rings. The molecule has 7 heteroatoms. The highest BCUT2D eigenvalue weighted by atomic mass is 16.5. The highest BCUT2D eigenvalue weighted by Gasteiger charge is 2.19. The van der Waals surface area contributed by atoms with Crippen molar-refractivity contribution in [2.75, 3.05) is 14.2 Å². The monoisotopic (exact) mass is 338 g/mol. The molecule has 25 heavy (non-hydrogen) atoms. The predicted octanol–water partition coefficient (Wildman–Crippen LogP) is 3.65. The summed E-state index contributed by atoms with van der Waals surface area (Å²) in [7, 11) is 3.26. The van der Waals surface area contributed by atoms with Crippen molar-refractivity contribution in [1.29, 1.82) is 0 Å². The fourth-order valence-corrected chi connectivity index (χ4v) is 3.21. The average molecular weight is 338 g/mol. The lowest BCUT2D eigenvalue weighted by atomic mass is 10.0. The Kier molecular flexibility index (Phi) is 3.56. The average Bonchev–Trinajstić information content (AvgIpc) is 3.22.